The fourth-order valence-corrected chi connectivity index (χ4v) is 3.21. The van der Waals surface area contributed by atoms with Crippen LogP contribution in [-0.2, 0) is 0 Å². The summed E-state index contributed by atoms with van der Waals surface area (Å²) < 4.78 is 0. The van der Waals surface area contributed by atoms with E-state index >= 15 is 0 Å². The van der Waals surface area contributed by atoms with Crippen LogP contribution in [0.2, 0.25) is 12.1 Å². The van der Waals surface area contributed by atoms with Crippen LogP contribution in [0.25, 0.3) is 0 Å². The molecule has 0 aliphatic carbocycles. The number of hydrogen-bond donors (Lipinski definition) is 0. The van der Waals surface area contributed by atoms with Crippen LogP contribution in [0.3, 0.4) is 0 Å². The summed E-state index contributed by atoms with van der Waals surface area (Å²) in [6.45, 7) is 4.14. The maximum Gasteiger partial charge on any atom is 2.00 e. The fraction of sp³-hybridized carbons (Fsp3) is 0.714. The van der Waals surface area contributed by atoms with Crippen molar-refractivity contribution in [1.29, 1.82) is 0 Å². The van der Waals surface area contributed by atoms with Crippen molar-refractivity contribution in [1.82, 2.24) is 0 Å². The van der Waals surface area contributed by atoms with E-state index in [0.717, 1.165) is 0 Å². The molecule has 2 heteroatoms. The van der Waals surface area contributed by atoms with Gasteiger partial charge in [-0.2, -0.15) is 0 Å². The first-order chi connectivity index (χ1) is 3.39. The molecule has 0 aromatic heterocycles. The van der Waals surface area contributed by atoms with Crippen LogP contribution in [0.1, 0.15) is 19.3 Å². The zero-order valence-electron chi connectivity index (χ0n) is 6.53. The molecule has 0 N–H and O–H groups in total. The first-order valence-electron chi connectivity index (χ1n) is 3.22. The van der Waals surface area contributed by atoms with Gasteiger partial charge in [-0.1, -0.05) is 31.4 Å². The Balaban J connectivity index is 0. The topological polar surface area (TPSA) is 0 Å². The first-order valence-corrected chi connectivity index (χ1v) is 5.67. The Bertz CT molecular complexity index is 50.9. The van der Waals surface area contributed by atoms with Gasteiger partial charge in [0.05, 0.1) is 0 Å². The summed E-state index contributed by atoms with van der Waals surface area (Å²) in [7, 11) is -0.345. The van der Waals surface area contributed by atoms with Gasteiger partial charge >= 0.3 is 23.1 Å². The smallest absolute Gasteiger partial charge is 0.358 e. The fourth-order valence-electron chi connectivity index (χ4n) is 1.19. The molecule has 1 fully saturated rings. The molecule has 0 spiro atoms. The van der Waals surface area contributed by atoms with Gasteiger partial charge in [0.15, 0.2) is 0 Å². The summed E-state index contributed by atoms with van der Waals surface area (Å²) >= 11 is 0. The van der Waals surface area contributed by atoms with Crippen molar-refractivity contribution < 1.29 is 0 Å². The maximum absolute atomic E-state index is 4.14. The van der Waals surface area contributed by atoms with E-state index in [1.165, 1.54) is 31.4 Å². The minimum Gasteiger partial charge on any atom is -0.358 e. The normalized spacial score (nSPS) is 19.7. The van der Waals surface area contributed by atoms with Gasteiger partial charge in [0.2, 0.25) is 0 Å². The maximum atomic E-state index is 4.14. The van der Waals surface area contributed by atoms with Gasteiger partial charge in [-0.05, 0) is 0 Å². The zero-order valence-corrected chi connectivity index (χ0v) is 9.10. The Labute approximate surface area is 77.2 Å². The van der Waals surface area contributed by atoms with Crippen molar-refractivity contribution in [3.63, 3.8) is 0 Å². The molecule has 0 saturated carbocycles. The Hall–Kier alpha value is 0.983. The molecule has 0 unspecified atom stereocenters. The predicted octanol–water partition coefficient (Wildman–Crippen LogP) is 1.84. The molecule has 0 atom stereocenters. The van der Waals surface area contributed by atoms with Gasteiger partial charge in [-0.15, -0.1) is 8.80 Å². The molecular weight excluding hydrogens is 136 g/mol. The Morgan fingerprint density at radius 3 is 1.67 bits per heavy atom. The quantitative estimate of drug-likeness (QED) is 0.367. The molecule has 0 aromatic rings. The molecule has 50 valence electrons. The Kier molecular flexibility index (Phi) is 9.96. The third-order valence-electron chi connectivity index (χ3n) is 1.72. The SMILES string of the molecule is [CH2-][SiH]1CCCCC1.[CH3-].[Mg+2]. The Morgan fingerprint density at radius 2 is 1.44 bits per heavy atom. The van der Waals surface area contributed by atoms with Crippen molar-refractivity contribution in [2.75, 3.05) is 0 Å². The van der Waals surface area contributed by atoms with E-state index in [1.807, 2.05) is 0 Å². The van der Waals surface area contributed by atoms with Gasteiger partial charge in [-0.3, -0.25) is 0 Å². The first kappa shape index (κ1) is 12.6. The minimum atomic E-state index is -0.345. The molecule has 9 heavy (non-hydrogen) atoms. The molecule has 0 bridgehead atoms. The number of rotatable bonds is 0. The van der Waals surface area contributed by atoms with Gasteiger partial charge in [-0.25, -0.2) is 0 Å². The van der Waals surface area contributed by atoms with Gasteiger partial charge in [0.1, 0.15) is 0 Å². The molecule has 0 radical (unpaired) electrons. The summed E-state index contributed by atoms with van der Waals surface area (Å²) in [4.78, 5) is 0. The second-order valence-electron chi connectivity index (χ2n) is 2.50. The van der Waals surface area contributed by atoms with Crippen LogP contribution in [0.15, 0.2) is 0 Å². The zero-order chi connectivity index (χ0) is 5.11. The summed E-state index contributed by atoms with van der Waals surface area (Å²) in [6.07, 6.45) is 4.46. The van der Waals surface area contributed by atoms with Crippen LogP contribution in [0.4, 0.5) is 0 Å². The minimum absolute atomic E-state index is 0. The molecule has 0 nitrogen and oxygen atoms in total. The average molecular weight is 153 g/mol. The van der Waals surface area contributed by atoms with E-state index in [9.17, 15) is 0 Å². The van der Waals surface area contributed by atoms with E-state index in [4.69, 9.17) is 0 Å². The van der Waals surface area contributed by atoms with E-state index in [-0.39, 0.29) is 39.3 Å². The van der Waals surface area contributed by atoms with E-state index in [2.05, 4.69) is 6.55 Å². The third kappa shape index (κ3) is 5.43. The summed E-state index contributed by atoms with van der Waals surface area (Å²) in [5, 5.41) is 0. The molecule has 1 rings (SSSR count). The summed E-state index contributed by atoms with van der Waals surface area (Å²) in [6, 6.07) is 3.03. The second-order valence-corrected chi connectivity index (χ2v) is 5.39. The van der Waals surface area contributed by atoms with Gasteiger partial charge in [0.25, 0.3) is 0 Å². The summed E-state index contributed by atoms with van der Waals surface area (Å²) in [5.41, 5.74) is 0. The molecule has 0 aromatic carbocycles. The van der Waals surface area contributed by atoms with Crippen LogP contribution >= 0.6 is 0 Å². The molecule has 0 amide bonds. The van der Waals surface area contributed by atoms with E-state index < -0.39 is 0 Å². The van der Waals surface area contributed by atoms with Gasteiger partial charge in [0, 0.05) is 0 Å². The molecule has 1 aliphatic heterocycles. The van der Waals surface area contributed by atoms with Crippen LogP contribution in [-0.4, -0.2) is 31.8 Å². The van der Waals surface area contributed by atoms with Crippen LogP contribution < -0.4 is 0 Å². The van der Waals surface area contributed by atoms with Crippen molar-refractivity contribution in [2.24, 2.45) is 0 Å². The molecule has 1 saturated heterocycles. The van der Waals surface area contributed by atoms with Crippen molar-refractivity contribution in [3.8, 4) is 0 Å². The van der Waals surface area contributed by atoms with Gasteiger partial charge < -0.3 is 14.0 Å². The van der Waals surface area contributed by atoms with E-state index in [1.54, 1.807) is 0 Å². The largest absolute Gasteiger partial charge is 2.00 e. The van der Waals surface area contributed by atoms with Crippen molar-refractivity contribution in [3.05, 3.63) is 14.0 Å². The Morgan fingerprint density at radius 1 is 1.00 bits per heavy atom. The van der Waals surface area contributed by atoms with Crippen LogP contribution in [0, 0.1) is 14.0 Å². The standard InChI is InChI=1S/C6H13Si.CH3.Mg/c1-7-5-3-2-4-6-7;;/h7H,1-6H2;1H3;/q2*-1;+2. The monoisotopic (exact) mass is 152 g/mol. The second kappa shape index (κ2) is 7.09. The third-order valence-corrected chi connectivity index (χ3v) is 4.17. The number of hydrogen-bond acceptors (Lipinski definition) is 0. The van der Waals surface area contributed by atoms with Crippen molar-refractivity contribution >= 4 is 31.8 Å². The van der Waals surface area contributed by atoms with Crippen LogP contribution in [0.5, 0.6) is 0 Å². The molecular formula is C7H16MgSi. The summed E-state index contributed by atoms with van der Waals surface area (Å²) in [5.74, 6) is 0. The van der Waals surface area contributed by atoms with Crippen molar-refractivity contribution in [2.45, 2.75) is 31.4 Å². The molecule has 1 heterocycles. The average Bonchev–Trinajstić information content (AvgIpc) is 1.69. The predicted molar refractivity (Wildman–Crippen MR) is 48.1 cm³/mol. The van der Waals surface area contributed by atoms with E-state index in [0.29, 0.717) is 0 Å². The molecule has 1 aliphatic rings.